The predicted octanol–water partition coefficient (Wildman–Crippen LogP) is 5.54. The lowest BCUT2D eigenvalue weighted by Crippen LogP contribution is -2.02. The zero-order chi connectivity index (χ0) is 17.8. The average Bonchev–Trinajstić information content (AvgIpc) is 2.59. The molecule has 0 aliphatic rings. The first-order valence-corrected chi connectivity index (χ1v) is 9.25. The molecule has 0 amide bonds. The summed E-state index contributed by atoms with van der Waals surface area (Å²) in [6.07, 6.45) is 1.31. The summed E-state index contributed by atoms with van der Waals surface area (Å²) in [6.45, 7) is 0. The molecular formula is C16H10ClIN4O2S. The summed E-state index contributed by atoms with van der Waals surface area (Å²) in [5.41, 5.74) is 0.547. The lowest BCUT2D eigenvalue weighted by molar-refractivity contribution is -0.387. The number of hydrogen-bond donors (Lipinski definition) is 1. The monoisotopic (exact) mass is 484 g/mol. The first-order chi connectivity index (χ1) is 12.0. The van der Waals surface area contributed by atoms with E-state index in [0.29, 0.717) is 10.7 Å². The zero-order valence-electron chi connectivity index (χ0n) is 12.5. The molecule has 9 heteroatoms. The van der Waals surface area contributed by atoms with Crippen molar-refractivity contribution in [2.24, 2.45) is 0 Å². The first kappa shape index (κ1) is 17.9. The minimum atomic E-state index is -0.479. The van der Waals surface area contributed by atoms with Crippen LogP contribution in [-0.2, 0) is 0 Å². The summed E-state index contributed by atoms with van der Waals surface area (Å²) in [4.78, 5) is 20.0. The fourth-order valence-corrected chi connectivity index (χ4v) is 3.33. The van der Waals surface area contributed by atoms with Gasteiger partial charge in [-0.05, 0) is 71.1 Å². The van der Waals surface area contributed by atoms with Crippen molar-refractivity contribution in [1.29, 1.82) is 0 Å². The summed E-state index contributed by atoms with van der Waals surface area (Å²) >= 11 is 9.25. The summed E-state index contributed by atoms with van der Waals surface area (Å²) in [5, 5.41) is 15.4. The van der Waals surface area contributed by atoms with Crippen LogP contribution in [0.15, 0.2) is 64.8 Å². The van der Waals surface area contributed by atoms with Gasteiger partial charge < -0.3 is 5.32 Å². The van der Waals surface area contributed by atoms with Crippen LogP contribution >= 0.6 is 46.0 Å². The van der Waals surface area contributed by atoms with Gasteiger partial charge in [-0.1, -0.05) is 23.4 Å². The van der Waals surface area contributed by atoms with Crippen LogP contribution in [0, 0.1) is 13.7 Å². The molecule has 0 bridgehead atoms. The standard InChI is InChI=1S/C16H10ClIN4O2S/c17-10-1-7-13(8-2-10)25-16-14(22(23)24)15(19-9-20-16)21-12-5-3-11(18)4-6-12/h1-9H,(H,19,20,21). The summed E-state index contributed by atoms with van der Waals surface area (Å²) < 4.78 is 1.07. The Morgan fingerprint density at radius 2 is 1.76 bits per heavy atom. The van der Waals surface area contributed by atoms with Crippen LogP contribution in [0.5, 0.6) is 0 Å². The lowest BCUT2D eigenvalue weighted by atomic mass is 10.3. The van der Waals surface area contributed by atoms with Gasteiger partial charge in [-0.3, -0.25) is 10.1 Å². The maximum atomic E-state index is 11.6. The fraction of sp³-hybridized carbons (Fsp3) is 0. The Balaban J connectivity index is 1.94. The molecule has 0 radical (unpaired) electrons. The maximum Gasteiger partial charge on any atom is 0.343 e. The van der Waals surface area contributed by atoms with Crippen LogP contribution in [0.25, 0.3) is 0 Å². The molecule has 3 aromatic rings. The number of halogens is 2. The van der Waals surface area contributed by atoms with E-state index in [-0.39, 0.29) is 16.5 Å². The van der Waals surface area contributed by atoms with Crippen LogP contribution in [0.2, 0.25) is 5.02 Å². The molecule has 0 saturated heterocycles. The molecule has 1 aromatic heterocycles. The molecule has 0 atom stereocenters. The topological polar surface area (TPSA) is 81.0 Å². The van der Waals surface area contributed by atoms with E-state index in [1.165, 1.54) is 18.1 Å². The lowest BCUT2D eigenvalue weighted by Gasteiger charge is -2.08. The Bertz CT molecular complexity index is 841. The van der Waals surface area contributed by atoms with Gasteiger partial charge in [0.25, 0.3) is 0 Å². The van der Waals surface area contributed by atoms with E-state index in [9.17, 15) is 10.1 Å². The number of aromatic nitrogens is 2. The molecule has 0 unspecified atom stereocenters. The minimum Gasteiger partial charge on any atom is -0.334 e. The summed E-state index contributed by atoms with van der Waals surface area (Å²) in [5.74, 6) is 0.151. The molecule has 6 nitrogen and oxygen atoms in total. The van der Waals surface area contributed by atoms with Crippen molar-refractivity contribution in [2.75, 3.05) is 5.32 Å². The van der Waals surface area contributed by atoms with Gasteiger partial charge in [0.05, 0.1) is 4.92 Å². The van der Waals surface area contributed by atoms with Gasteiger partial charge >= 0.3 is 5.69 Å². The number of nitrogens with zero attached hydrogens (tertiary/aromatic N) is 3. The molecule has 0 spiro atoms. The third-order valence-electron chi connectivity index (χ3n) is 3.11. The number of rotatable bonds is 5. The molecule has 1 heterocycles. The average molecular weight is 485 g/mol. The van der Waals surface area contributed by atoms with E-state index in [0.717, 1.165) is 8.47 Å². The third kappa shape index (κ3) is 4.59. The second kappa shape index (κ2) is 7.98. The number of hydrogen-bond acceptors (Lipinski definition) is 6. The fourth-order valence-electron chi connectivity index (χ4n) is 1.98. The maximum absolute atomic E-state index is 11.6. The normalized spacial score (nSPS) is 10.5. The van der Waals surface area contributed by atoms with Gasteiger partial charge in [-0.15, -0.1) is 0 Å². The van der Waals surface area contributed by atoms with E-state index >= 15 is 0 Å². The van der Waals surface area contributed by atoms with E-state index in [2.05, 4.69) is 37.9 Å². The highest BCUT2D eigenvalue weighted by Gasteiger charge is 2.23. The number of nitro groups is 1. The number of nitrogens with one attached hydrogen (secondary N) is 1. The highest BCUT2D eigenvalue weighted by atomic mass is 127. The quantitative estimate of drug-likeness (QED) is 0.222. The Hall–Kier alpha value is -1.91. The first-order valence-electron chi connectivity index (χ1n) is 6.98. The van der Waals surface area contributed by atoms with Gasteiger partial charge in [-0.25, -0.2) is 9.97 Å². The zero-order valence-corrected chi connectivity index (χ0v) is 16.2. The summed E-state index contributed by atoms with van der Waals surface area (Å²) in [6, 6.07) is 14.5. The van der Waals surface area contributed by atoms with Gasteiger partial charge in [0, 0.05) is 19.2 Å². The number of benzene rings is 2. The van der Waals surface area contributed by atoms with E-state index < -0.39 is 4.92 Å². The van der Waals surface area contributed by atoms with Crippen LogP contribution in [0.3, 0.4) is 0 Å². The Morgan fingerprint density at radius 3 is 2.40 bits per heavy atom. The molecular weight excluding hydrogens is 475 g/mol. The largest absolute Gasteiger partial charge is 0.343 e. The van der Waals surface area contributed by atoms with Crippen LogP contribution in [-0.4, -0.2) is 14.9 Å². The van der Waals surface area contributed by atoms with Gasteiger partial charge in [-0.2, -0.15) is 0 Å². The highest BCUT2D eigenvalue weighted by Crippen LogP contribution is 2.37. The van der Waals surface area contributed by atoms with Crippen LogP contribution < -0.4 is 5.32 Å². The van der Waals surface area contributed by atoms with Crippen molar-refractivity contribution < 1.29 is 4.92 Å². The van der Waals surface area contributed by atoms with Gasteiger partial charge in [0.1, 0.15) is 6.33 Å². The molecule has 2 aromatic carbocycles. The molecule has 0 aliphatic carbocycles. The SMILES string of the molecule is O=[N+]([O-])c1c(Nc2ccc(I)cc2)ncnc1Sc1ccc(Cl)cc1. The molecule has 0 fully saturated rings. The molecule has 3 rings (SSSR count). The predicted molar refractivity (Wildman–Crippen MR) is 107 cm³/mol. The van der Waals surface area contributed by atoms with Crippen LogP contribution in [0.1, 0.15) is 0 Å². The van der Waals surface area contributed by atoms with Crippen LogP contribution in [0.4, 0.5) is 17.2 Å². The van der Waals surface area contributed by atoms with Crippen molar-refractivity contribution in [2.45, 2.75) is 9.92 Å². The van der Waals surface area contributed by atoms with Gasteiger partial charge in [0.2, 0.25) is 5.82 Å². The van der Waals surface area contributed by atoms with Crippen molar-refractivity contribution in [3.05, 3.63) is 73.6 Å². The van der Waals surface area contributed by atoms with Crippen molar-refractivity contribution in [3.8, 4) is 0 Å². The molecule has 25 heavy (non-hydrogen) atoms. The Kier molecular flexibility index (Phi) is 5.71. The highest BCUT2D eigenvalue weighted by molar-refractivity contribution is 14.1. The molecule has 0 aliphatic heterocycles. The van der Waals surface area contributed by atoms with Crippen molar-refractivity contribution in [1.82, 2.24) is 9.97 Å². The molecule has 1 N–H and O–H groups in total. The second-order valence-electron chi connectivity index (χ2n) is 4.82. The Labute approximate surface area is 166 Å². The van der Waals surface area contributed by atoms with Crippen molar-refractivity contribution >= 4 is 63.1 Å². The van der Waals surface area contributed by atoms with E-state index in [1.54, 1.807) is 24.3 Å². The van der Waals surface area contributed by atoms with E-state index in [4.69, 9.17) is 11.6 Å². The third-order valence-corrected chi connectivity index (χ3v) is 5.08. The van der Waals surface area contributed by atoms with Crippen molar-refractivity contribution in [3.63, 3.8) is 0 Å². The minimum absolute atomic E-state index is 0.151. The smallest absolute Gasteiger partial charge is 0.334 e. The molecule has 0 saturated carbocycles. The second-order valence-corrected chi connectivity index (χ2v) is 7.57. The van der Waals surface area contributed by atoms with E-state index in [1.807, 2.05) is 24.3 Å². The Morgan fingerprint density at radius 1 is 1.08 bits per heavy atom. The molecule has 126 valence electrons. The number of anilines is 2. The summed E-state index contributed by atoms with van der Waals surface area (Å²) in [7, 11) is 0. The van der Waals surface area contributed by atoms with Gasteiger partial charge in [0.15, 0.2) is 5.03 Å².